The minimum Gasteiger partial charge on any atom is -0.399 e. The molecular weight excluding hydrogens is 303 g/mol. The zero-order chi connectivity index (χ0) is 16.8. The summed E-state index contributed by atoms with van der Waals surface area (Å²) in [7, 11) is 0. The number of nitrogen functional groups attached to an aromatic ring is 2. The van der Waals surface area contributed by atoms with Crippen molar-refractivity contribution >= 4 is 22.3 Å². The number of nitrogens with zero attached hydrogens (tertiary/aromatic N) is 1. The van der Waals surface area contributed by atoms with Crippen LogP contribution in [0.3, 0.4) is 0 Å². The molecule has 0 aliphatic rings. The number of anilines is 2. The highest BCUT2D eigenvalue weighted by molar-refractivity contribution is 6.01. The maximum Gasteiger partial charge on any atom is 0.416 e. The van der Waals surface area contributed by atoms with Crippen LogP contribution in [0.5, 0.6) is 0 Å². The van der Waals surface area contributed by atoms with Crippen molar-refractivity contribution in [1.82, 2.24) is 4.57 Å². The van der Waals surface area contributed by atoms with Crippen LogP contribution in [0, 0.1) is 0 Å². The third-order valence-electron chi connectivity index (χ3n) is 3.93. The van der Waals surface area contributed by atoms with Crippen LogP contribution in [-0.2, 0) is 12.7 Å². The summed E-state index contributed by atoms with van der Waals surface area (Å²) in [5.74, 6) is 0. The molecule has 1 aromatic heterocycles. The molecular formula is C17H16F3N3. The molecule has 0 radical (unpaired) electrons. The Balaban J connectivity index is 2.30. The van der Waals surface area contributed by atoms with Gasteiger partial charge in [0, 0.05) is 23.2 Å². The summed E-state index contributed by atoms with van der Waals surface area (Å²) in [5, 5.41) is 0.617. The molecule has 4 N–H and O–H groups in total. The van der Waals surface area contributed by atoms with E-state index in [4.69, 9.17) is 11.5 Å². The second kappa shape index (κ2) is 5.22. The predicted octanol–water partition coefficient (Wildman–Crippen LogP) is 4.51. The fourth-order valence-electron chi connectivity index (χ4n) is 2.83. The Morgan fingerprint density at radius 1 is 1.00 bits per heavy atom. The minimum absolute atomic E-state index is 0.473. The number of aryl methyl sites for hydroxylation is 1. The Bertz CT molecular complexity index is 861. The molecule has 120 valence electrons. The molecule has 0 bridgehead atoms. The van der Waals surface area contributed by atoms with Gasteiger partial charge in [-0.25, -0.2) is 0 Å². The van der Waals surface area contributed by atoms with Crippen molar-refractivity contribution in [3.8, 4) is 11.3 Å². The fraction of sp³-hybridized carbons (Fsp3) is 0.176. The summed E-state index contributed by atoms with van der Waals surface area (Å²) in [6, 6.07) is 10.8. The Morgan fingerprint density at radius 2 is 1.65 bits per heavy atom. The van der Waals surface area contributed by atoms with Crippen molar-refractivity contribution in [2.45, 2.75) is 19.6 Å². The summed E-state index contributed by atoms with van der Waals surface area (Å²) in [6.45, 7) is 2.38. The van der Waals surface area contributed by atoms with Gasteiger partial charge in [0.2, 0.25) is 0 Å². The number of benzene rings is 2. The van der Waals surface area contributed by atoms with Crippen LogP contribution >= 0.6 is 0 Å². The molecule has 23 heavy (non-hydrogen) atoms. The summed E-state index contributed by atoms with van der Waals surface area (Å²) in [4.78, 5) is 0. The SMILES string of the molecule is CCn1c(-c2ccc(N)cc2)c(N)c2ccc(C(F)(F)F)cc21. The molecule has 3 aromatic rings. The number of alkyl halides is 3. The second-order valence-electron chi connectivity index (χ2n) is 5.36. The lowest BCUT2D eigenvalue weighted by atomic mass is 10.1. The normalized spacial score (nSPS) is 12.0. The Hall–Kier alpha value is -2.63. The zero-order valence-corrected chi connectivity index (χ0v) is 12.5. The third-order valence-corrected chi connectivity index (χ3v) is 3.93. The van der Waals surface area contributed by atoms with Crippen molar-refractivity contribution in [1.29, 1.82) is 0 Å². The van der Waals surface area contributed by atoms with Crippen molar-refractivity contribution in [3.63, 3.8) is 0 Å². The second-order valence-corrected chi connectivity index (χ2v) is 5.36. The van der Waals surface area contributed by atoms with Crippen LogP contribution in [0.25, 0.3) is 22.2 Å². The Morgan fingerprint density at radius 3 is 2.22 bits per heavy atom. The Labute approximate surface area is 131 Å². The van der Waals surface area contributed by atoms with E-state index in [1.54, 1.807) is 16.7 Å². The van der Waals surface area contributed by atoms with Gasteiger partial charge in [-0.15, -0.1) is 0 Å². The van der Waals surface area contributed by atoms with Crippen LogP contribution in [-0.4, -0.2) is 4.57 Å². The molecule has 1 heterocycles. The van der Waals surface area contributed by atoms with E-state index in [9.17, 15) is 13.2 Å². The van der Waals surface area contributed by atoms with Crippen LogP contribution < -0.4 is 11.5 Å². The number of aromatic nitrogens is 1. The molecule has 3 nitrogen and oxygen atoms in total. The van der Waals surface area contributed by atoms with Gasteiger partial charge in [-0.1, -0.05) is 18.2 Å². The average Bonchev–Trinajstić information content (AvgIpc) is 2.79. The topological polar surface area (TPSA) is 57.0 Å². The summed E-state index contributed by atoms with van der Waals surface area (Å²) >= 11 is 0. The number of halogens is 3. The van der Waals surface area contributed by atoms with E-state index in [-0.39, 0.29) is 0 Å². The van der Waals surface area contributed by atoms with Gasteiger partial charge in [-0.3, -0.25) is 0 Å². The van der Waals surface area contributed by atoms with Gasteiger partial charge in [0.05, 0.1) is 22.5 Å². The van der Waals surface area contributed by atoms with Gasteiger partial charge in [-0.05, 0) is 31.2 Å². The van der Waals surface area contributed by atoms with Gasteiger partial charge >= 0.3 is 6.18 Å². The van der Waals surface area contributed by atoms with Gasteiger partial charge in [-0.2, -0.15) is 13.2 Å². The summed E-state index contributed by atoms with van der Waals surface area (Å²) in [5.41, 5.74) is 14.3. The van der Waals surface area contributed by atoms with E-state index in [2.05, 4.69) is 0 Å². The summed E-state index contributed by atoms with van der Waals surface area (Å²) in [6.07, 6.45) is -4.38. The maximum atomic E-state index is 13.0. The van der Waals surface area contributed by atoms with Gasteiger partial charge < -0.3 is 16.0 Å². The first-order valence-electron chi connectivity index (χ1n) is 7.17. The quantitative estimate of drug-likeness (QED) is 0.683. The monoisotopic (exact) mass is 319 g/mol. The molecule has 0 unspecified atom stereocenters. The molecule has 0 saturated carbocycles. The highest BCUT2D eigenvalue weighted by Gasteiger charge is 2.31. The fourth-order valence-corrected chi connectivity index (χ4v) is 2.83. The van der Waals surface area contributed by atoms with E-state index in [1.807, 2.05) is 19.1 Å². The smallest absolute Gasteiger partial charge is 0.399 e. The average molecular weight is 319 g/mol. The minimum atomic E-state index is -4.38. The molecule has 0 aliphatic carbocycles. The van der Waals surface area contributed by atoms with Gasteiger partial charge in [0.15, 0.2) is 0 Å². The van der Waals surface area contributed by atoms with Crippen LogP contribution in [0.15, 0.2) is 42.5 Å². The van der Waals surface area contributed by atoms with Crippen LogP contribution in [0.4, 0.5) is 24.5 Å². The summed E-state index contributed by atoms with van der Waals surface area (Å²) < 4.78 is 40.7. The third kappa shape index (κ3) is 2.50. The molecule has 3 rings (SSSR count). The lowest BCUT2D eigenvalue weighted by molar-refractivity contribution is -0.137. The first-order chi connectivity index (χ1) is 10.8. The molecule has 0 fully saturated rings. The van der Waals surface area contributed by atoms with Crippen molar-refractivity contribution in [2.75, 3.05) is 11.5 Å². The van der Waals surface area contributed by atoms with Crippen molar-refractivity contribution < 1.29 is 13.2 Å². The van der Waals surface area contributed by atoms with Crippen LogP contribution in [0.1, 0.15) is 12.5 Å². The van der Waals surface area contributed by atoms with Crippen molar-refractivity contribution in [3.05, 3.63) is 48.0 Å². The molecule has 0 aliphatic heterocycles. The number of fused-ring (bicyclic) bond motifs is 1. The largest absolute Gasteiger partial charge is 0.416 e. The highest BCUT2D eigenvalue weighted by Crippen LogP contribution is 2.39. The molecule has 0 spiro atoms. The number of rotatable bonds is 2. The maximum absolute atomic E-state index is 13.0. The van der Waals surface area contributed by atoms with Crippen LogP contribution in [0.2, 0.25) is 0 Å². The van der Waals surface area contributed by atoms with Gasteiger partial charge in [0.25, 0.3) is 0 Å². The molecule has 0 atom stereocenters. The molecule has 0 amide bonds. The number of hydrogen-bond acceptors (Lipinski definition) is 2. The molecule has 6 heteroatoms. The van der Waals surface area contributed by atoms with E-state index in [0.717, 1.165) is 17.7 Å². The predicted molar refractivity (Wildman–Crippen MR) is 86.9 cm³/mol. The van der Waals surface area contributed by atoms with Crippen molar-refractivity contribution in [2.24, 2.45) is 0 Å². The number of hydrogen-bond donors (Lipinski definition) is 2. The molecule has 0 saturated heterocycles. The standard InChI is InChI=1S/C17H16F3N3/c1-2-23-14-9-11(17(18,19)20)5-8-13(14)15(22)16(23)10-3-6-12(21)7-4-10/h3-9H,2,21-22H2,1H3. The van der Waals surface area contributed by atoms with E-state index < -0.39 is 11.7 Å². The first-order valence-corrected chi connectivity index (χ1v) is 7.17. The van der Waals surface area contributed by atoms with E-state index >= 15 is 0 Å². The Kier molecular flexibility index (Phi) is 3.47. The highest BCUT2D eigenvalue weighted by atomic mass is 19.4. The zero-order valence-electron chi connectivity index (χ0n) is 12.5. The molecule has 2 aromatic carbocycles. The lowest BCUT2D eigenvalue weighted by Crippen LogP contribution is -2.05. The number of nitrogens with two attached hydrogens (primary N) is 2. The van der Waals surface area contributed by atoms with E-state index in [1.165, 1.54) is 6.07 Å². The van der Waals surface area contributed by atoms with Gasteiger partial charge in [0.1, 0.15) is 0 Å². The first kappa shape index (κ1) is 15.3. The van der Waals surface area contributed by atoms with E-state index in [0.29, 0.717) is 34.5 Å². The lowest BCUT2D eigenvalue weighted by Gasteiger charge is -2.10.